The Morgan fingerprint density at radius 1 is 0.969 bits per heavy atom. The highest BCUT2D eigenvalue weighted by molar-refractivity contribution is 5.91. The van der Waals surface area contributed by atoms with Crippen LogP contribution in [0, 0.1) is 20.8 Å². The minimum absolute atomic E-state index is 0.0156. The number of hydrogen-bond acceptors (Lipinski definition) is 5. The minimum atomic E-state index is -0.723. The summed E-state index contributed by atoms with van der Waals surface area (Å²) >= 11 is 0. The number of carbonyl (C=O) groups is 2. The number of pyridine rings is 1. The highest BCUT2D eigenvalue weighted by atomic mass is 19.2. The Bertz CT molecular complexity index is 1110. The van der Waals surface area contributed by atoms with E-state index in [1.54, 1.807) is 26.0 Å². The Labute approximate surface area is 188 Å². The Morgan fingerprint density at radius 2 is 1.59 bits per heavy atom. The molecule has 0 spiro atoms. The molecule has 6 nitrogen and oxygen atoms in total. The normalized spacial score (nSPS) is 10.8. The molecule has 0 aliphatic carbocycles. The van der Waals surface area contributed by atoms with E-state index in [4.69, 9.17) is 0 Å². The first-order valence-electron chi connectivity index (χ1n) is 10.2. The van der Waals surface area contributed by atoms with Crippen LogP contribution >= 0.6 is 0 Å². The second kappa shape index (κ2) is 10.2. The smallest absolute Gasteiger partial charge is 0.299 e. The van der Waals surface area contributed by atoms with Crippen LogP contribution in [0.2, 0.25) is 0 Å². The summed E-state index contributed by atoms with van der Waals surface area (Å²) < 4.78 is 12.4. The zero-order valence-corrected chi connectivity index (χ0v) is 19.6. The molecule has 0 saturated heterocycles. The average Bonchev–Trinajstić information content (AvgIpc) is 2.73. The summed E-state index contributed by atoms with van der Waals surface area (Å²) in [6.45, 7) is 11.2. The summed E-state index contributed by atoms with van der Waals surface area (Å²) in [6, 6.07) is 11.0. The number of Topliss-reactive ketones (excluding diaryl/α,β-unsaturated/α-hetero) is 1. The molecule has 3 rings (SSSR count). The number of rotatable bonds is 4. The van der Waals surface area contributed by atoms with E-state index < -0.39 is 11.3 Å². The maximum Gasteiger partial charge on any atom is 0.299 e. The molecule has 0 fully saturated rings. The number of nitrogens with zero attached hydrogens (tertiary/aromatic N) is 4. The standard InChI is InChI=1S/C17H20N2O.C8H9FN2O/c1-11-8-14(15-9-18-13(3)19-10-15)6-7-16(11)17(4,5)12(2)20;1-6-4-3-5-7(10-6)8(12)11(2)9/h6-10H,1-5H3;3-5H,1-2H3. The molecule has 1 amide bonds. The molecule has 0 atom stereocenters. The van der Waals surface area contributed by atoms with Crippen molar-refractivity contribution in [3.05, 3.63) is 77.1 Å². The van der Waals surface area contributed by atoms with Gasteiger partial charge in [-0.05, 0) is 70.4 Å². The van der Waals surface area contributed by atoms with Gasteiger partial charge >= 0.3 is 0 Å². The summed E-state index contributed by atoms with van der Waals surface area (Å²) in [4.78, 5) is 35.1. The van der Waals surface area contributed by atoms with E-state index in [0.29, 0.717) is 5.69 Å². The lowest BCUT2D eigenvalue weighted by molar-refractivity contribution is -0.121. The van der Waals surface area contributed by atoms with Crippen molar-refractivity contribution in [2.75, 3.05) is 7.05 Å². The van der Waals surface area contributed by atoms with Gasteiger partial charge < -0.3 is 0 Å². The number of amides is 1. The van der Waals surface area contributed by atoms with Crippen LogP contribution in [0.1, 0.15) is 53.9 Å². The fourth-order valence-corrected chi connectivity index (χ4v) is 3.10. The molecule has 3 aromatic rings. The lowest BCUT2D eigenvalue weighted by Crippen LogP contribution is -2.27. The van der Waals surface area contributed by atoms with Gasteiger partial charge in [-0.2, -0.15) is 5.12 Å². The van der Waals surface area contributed by atoms with Crippen LogP contribution in [0.3, 0.4) is 0 Å². The van der Waals surface area contributed by atoms with Crippen LogP contribution < -0.4 is 0 Å². The summed E-state index contributed by atoms with van der Waals surface area (Å²) in [5.41, 5.74) is 4.62. The molecule has 168 valence electrons. The number of ketones is 1. The molecule has 32 heavy (non-hydrogen) atoms. The van der Waals surface area contributed by atoms with Gasteiger partial charge in [-0.1, -0.05) is 28.7 Å². The van der Waals surface area contributed by atoms with Crippen LogP contribution in [0.4, 0.5) is 4.48 Å². The maximum atomic E-state index is 12.4. The minimum Gasteiger partial charge on any atom is -0.299 e. The second-order valence-electron chi connectivity index (χ2n) is 8.18. The number of benzene rings is 1. The number of carbonyl (C=O) groups excluding carboxylic acids is 2. The van der Waals surface area contributed by atoms with Crippen molar-refractivity contribution in [2.45, 2.75) is 47.0 Å². The highest BCUT2D eigenvalue weighted by Gasteiger charge is 2.27. The molecule has 0 radical (unpaired) electrons. The van der Waals surface area contributed by atoms with Gasteiger partial charge in [-0.25, -0.2) is 15.0 Å². The summed E-state index contributed by atoms with van der Waals surface area (Å²) in [7, 11) is 1.05. The second-order valence-corrected chi connectivity index (χ2v) is 8.18. The largest absolute Gasteiger partial charge is 0.299 e. The van der Waals surface area contributed by atoms with E-state index in [-0.39, 0.29) is 16.6 Å². The third-order valence-corrected chi connectivity index (χ3v) is 5.28. The quantitative estimate of drug-likeness (QED) is 0.540. The Kier molecular flexibility index (Phi) is 7.92. The van der Waals surface area contributed by atoms with Gasteiger partial charge in [-0.15, -0.1) is 0 Å². The monoisotopic (exact) mass is 436 g/mol. The van der Waals surface area contributed by atoms with E-state index in [2.05, 4.69) is 21.0 Å². The van der Waals surface area contributed by atoms with E-state index in [9.17, 15) is 14.1 Å². The fraction of sp³-hybridized carbons (Fsp3) is 0.320. The predicted molar refractivity (Wildman–Crippen MR) is 123 cm³/mol. The van der Waals surface area contributed by atoms with Crippen LogP contribution in [0.25, 0.3) is 11.1 Å². The van der Waals surface area contributed by atoms with Gasteiger partial charge in [-0.3, -0.25) is 9.59 Å². The zero-order valence-electron chi connectivity index (χ0n) is 19.6. The van der Waals surface area contributed by atoms with Crippen LogP contribution in [-0.4, -0.2) is 38.8 Å². The third-order valence-electron chi connectivity index (χ3n) is 5.28. The van der Waals surface area contributed by atoms with Gasteiger partial charge in [0.05, 0.1) is 0 Å². The molecule has 0 N–H and O–H groups in total. The van der Waals surface area contributed by atoms with Gasteiger partial charge in [0.2, 0.25) is 0 Å². The van der Waals surface area contributed by atoms with Crippen molar-refractivity contribution >= 4 is 11.7 Å². The van der Waals surface area contributed by atoms with Crippen molar-refractivity contribution in [3.8, 4) is 11.1 Å². The maximum absolute atomic E-state index is 12.4. The van der Waals surface area contributed by atoms with E-state index in [1.165, 1.54) is 6.07 Å². The fourth-order valence-electron chi connectivity index (χ4n) is 3.10. The van der Waals surface area contributed by atoms with Crippen molar-refractivity contribution in [1.82, 2.24) is 20.1 Å². The first-order valence-corrected chi connectivity index (χ1v) is 10.2. The molecule has 0 aliphatic heterocycles. The predicted octanol–water partition coefficient (Wildman–Crippen LogP) is 4.97. The molecular formula is C25H29FN4O2. The summed E-state index contributed by atoms with van der Waals surface area (Å²) in [6.07, 6.45) is 3.65. The summed E-state index contributed by atoms with van der Waals surface area (Å²) in [5.74, 6) is 0.213. The van der Waals surface area contributed by atoms with Gasteiger partial charge in [0.1, 0.15) is 17.3 Å². The highest BCUT2D eigenvalue weighted by Crippen LogP contribution is 2.30. The first-order chi connectivity index (χ1) is 14.9. The Morgan fingerprint density at radius 3 is 2.09 bits per heavy atom. The lowest BCUT2D eigenvalue weighted by atomic mass is 9.78. The topological polar surface area (TPSA) is 76.1 Å². The average molecular weight is 437 g/mol. The number of hydrogen-bond donors (Lipinski definition) is 0. The third kappa shape index (κ3) is 6.03. The van der Waals surface area contributed by atoms with E-state index in [1.807, 2.05) is 52.2 Å². The SMILES string of the molecule is CC(=O)C(C)(C)c1ccc(-c2cnc(C)nc2)cc1C.Cc1cccc(C(=O)N(C)F)n1. The molecule has 0 aliphatic rings. The first kappa shape index (κ1) is 24.8. The lowest BCUT2D eigenvalue weighted by Gasteiger charge is -2.24. The zero-order chi connectivity index (χ0) is 24.1. The number of aryl methyl sites for hydroxylation is 3. The van der Waals surface area contributed by atoms with E-state index >= 15 is 0 Å². The summed E-state index contributed by atoms with van der Waals surface area (Å²) in [5, 5.41) is 0.0156. The molecule has 0 saturated carbocycles. The molecular weight excluding hydrogens is 407 g/mol. The van der Waals surface area contributed by atoms with Crippen molar-refractivity contribution in [1.29, 1.82) is 0 Å². The van der Waals surface area contributed by atoms with Crippen molar-refractivity contribution in [3.63, 3.8) is 0 Å². The number of halogens is 1. The van der Waals surface area contributed by atoms with Crippen molar-refractivity contribution in [2.24, 2.45) is 0 Å². The van der Waals surface area contributed by atoms with Crippen LogP contribution in [0.15, 0.2) is 48.8 Å². The molecule has 0 unspecified atom stereocenters. The molecule has 0 bridgehead atoms. The van der Waals surface area contributed by atoms with Gasteiger partial charge in [0.25, 0.3) is 5.91 Å². The Hall–Kier alpha value is -3.48. The number of aromatic nitrogens is 3. The van der Waals surface area contributed by atoms with Crippen molar-refractivity contribution < 1.29 is 14.1 Å². The Balaban J connectivity index is 0.000000258. The molecule has 7 heteroatoms. The van der Waals surface area contributed by atoms with Crippen LogP contribution in [0.5, 0.6) is 0 Å². The molecule has 2 heterocycles. The molecule has 1 aromatic carbocycles. The van der Waals surface area contributed by atoms with Gasteiger partial charge in [0, 0.05) is 36.1 Å². The van der Waals surface area contributed by atoms with Gasteiger partial charge in [0.15, 0.2) is 0 Å². The van der Waals surface area contributed by atoms with E-state index in [0.717, 1.165) is 35.1 Å². The molecule has 2 aromatic heterocycles. The van der Waals surface area contributed by atoms with Crippen LogP contribution in [-0.2, 0) is 10.2 Å².